The molecule has 0 radical (unpaired) electrons. The second-order valence-electron chi connectivity index (χ2n) is 3.58. The molecule has 1 rings (SSSR count). The van der Waals surface area contributed by atoms with Gasteiger partial charge in [-0.25, -0.2) is 8.78 Å². The summed E-state index contributed by atoms with van der Waals surface area (Å²) in [4.78, 5) is -0.148. The lowest BCUT2D eigenvalue weighted by atomic mass is 9.98. The predicted molar refractivity (Wildman–Crippen MR) is 65.2 cm³/mol. The lowest BCUT2D eigenvalue weighted by molar-refractivity contribution is 0.519. The quantitative estimate of drug-likeness (QED) is 0.523. The molecule has 0 N–H and O–H groups in total. The summed E-state index contributed by atoms with van der Waals surface area (Å²) in [6.45, 7) is 4.02. The first-order valence-corrected chi connectivity index (χ1v) is 6.46. The van der Waals surface area contributed by atoms with Gasteiger partial charge in [0, 0.05) is 10.4 Å². The van der Waals surface area contributed by atoms with Crippen LogP contribution in [0.15, 0.2) is 16.6 Å². The molecule has 1 aromatic rings. The minimum absolute atomic E-state index is 0.148. The third-order valence-electron chi connectivity index (χ3n) is 2.48. The summed E-state index contributed by atoms with van der Waals surface area (Å²) >= 11 is 6.35. The topological polar surface area (TPSA) is 0 Å². The molecule has 84 valence electrons. The largest absolute Gasteiger partial charge is 0.207 e. The molecule has 0 spiro atoms. The zero-order valence-electron chi connectivity index (χ0n) is 8.53. The van der Waals surface area contributed by atoms with Crippen LogP contribution in [0.2, 0.25) is 0 Å². The molecule has 1 aromatic carbocycles. The summed E-state index contributed by atoms with van der Waals surface area (Å²) in [6.07, 6.45) is 0.910. The number of hydrogen-bond donors (Lipinski definition) is 0. The maximum Gasteiger partial charge on any atom is 0.137 e. The van der Waals surface area contributed by atoms with Crippen molar-refractivity contribution in [1.29, 1.82) is 0 Å². The molecular formula is C11H12Br2F2. The van der Waals surface area contributed by atoms with Gasteiger partial charge in [0.05, 0.1) is 4.47 Å². The Kier molecular flexibility index (Phi) is 4.71. The van der Waals surface area contributed by atoms with Crippen LogP contribution in [-0.2, 0) is 0 Å². The molecule has 0 aliphatic heterocycles. The summed E-state index contributed by atoms with van der Waals surface area (Å²) < 4.78 is 27.0. The highest BCUT2D eigenvalue weighted by molar-refractivity contribution is 9.10. The minimum atomic E-state index is -0.431. The Balaban J connectivity index is 3.09. The van der Waals surface area contributed by atoms with Crippen molar-refractivity contribution in [2.24, 2.45) is 5.92 Å². The van der Waals surface area contributed by atoms with Gasteiger partial charge in [-0.05, 0) is 34.0 Å². The molecule has 0 heterocycles. The highest BCUT2D eigenvalue weighted by atomic mass is 79.9. The number of halogens is 4. The van der Waals surface area contributed by atoms with Gasteiger partial charge in [-0.1, -0.05) is 36.2 Å². The average Bonchev–Trinajstić information content (AvgIpc) is 2.21. The summed E-state index contributed by atoms with van der Waals surface area (Å²) in [5, 5.41) is 0. The fraction of sp³-hybridized carbons (Fsp3) is 0.455. The van der Waals surface area contributed by atoms with Crippen LogP contribution in [0.3, 0.4) is 0 Å². The fourth-order valence-corrected chi connectivity index (χ4v) is 2.30. The van der Waals surface area contributed by atoms with Crippen LogP contribution in [0, 0.1) is 17.6 Å². The van der Waals surface area contributed by atoms with Crippen molar-refractivity contribution in [2.75, 3.05) is 0 Å². The molecule has 0 saturated carbocycles. The average molecular weight is 342 g/mol. The molecule has 0 bridgehead atoms. The van der Waals surface area contributed by atoms with Crippen LogP contribution in [0.5, 0.6) is 0 Å². The fourth-order valence-electron chi connectivity index (χ4n) is 1.26. The normalized spacial score (nSPS) is 15.1. The molecule has 0 aromatic heterocycles. The van der Waals surface area contributed by atoms with Crippen molar-refractivity contribution in [1.82, 2.24) is 0 Å². The molecule has 0 amide bonds. The smallest absolute Gasteiger partial charge is 0.137 e. The number of alkyl halides is 1. The van der Waals surface area contributed by atoms with E-state index in [0.717, 1.165) is 6.42 Å². The van der Waals surface area contributed by atoms with Crippen LogP contribution in [-0.4, -0.2) is 0 Å². The number of hydrogen-bond acceptors (Lipinski definition) is 0. The van der Waals surface area contributed by atoms with Crippen molar-refractivity contribution in [3.8, 4) is 0 Å². The van der Waals surface area contributed by atoms with E-state index in [2.05, 4.69) is 31.9 Å². The van der Waals surface area contributed by atoms with Crippen molar-refractivity contribution in [3.05, 3.63) is 33.8 Å². The van der Waals surface area contributed by atoms with Crippen LogP contribution >= 0.6 is 31.9 Å². The van der Waals surface area contributed by atoms with Gasteiger partial charge in [-0.3, -0.25) is 0 Å². The molecule has 2 unspecified atom stereocenters. The van der Waals surface area contributed by atoms with E-state index < -0.39 is 5.82 Å². The lowest BCUT2D eigenvalue weighted by Crippen LogP contribution is -2.05. The van der Waals surface area contributed by atoms with Gasteiger partial charge in [0.25, 0.3) is 0 Å². The van der Waals surface area contributed by atoms with Gasteiger partial charge in [0.1, 0.15) is 11.6 Å². The van der Waals surface area contributed by atoms with E-state index in [1.807, 2.05) is 13.8 Å². The van der Waals surface area contributed by atoms with Gasteiger partial charge in [-0.2, -0.15) is 0 Å². The zero-order valence-corrected chi connectivity index (χ0v) is 11.7. The Hall–Kier alpha value is 0.0400. The predicted octanol–water partition coefficient (Wildman–Crippen LogP) is 5.21. The monoisotopic (exact) mass is 340 g/mol. The highest BCUT2D eigenvalue weighted by Gasteiger charge is 2.20. The molecule has 15 heavy (non-hydrogen) atoms. The van der Waals surface area contributed by atoms with Gasteiger partial charge in [0.2, 0.25) is 0 Å². The first kappa shape index (κ1) is 13.1. The molecule has 0 fully saturated rings. The van der Waals surface area contributed by atoms with E-state index in [9.17, 15) is 8.78 Å². The SMILES string of the molecule is CCC(C)C(Br)c1cc(F)c(Br)cc1F. The Labute approximate surface area is 105 Å². The van der Waals surface area contributed by atoms with E-state index >= 15 is 0 Å². The maximum absolute atomic E-state index is 13.6. The van der Waals surface area contributed by atoms with E-state index in [1.54, 1.807) is 0 Å². The number of benzene rings is 1. The molecule has 0 saturated heterocycles. The Morgan fingerprint density at radius 1 is 1.27 bits per heavy atom. The van der Waals surface area contributed by atoms with Gasteiger partial charge >= 0.3 is 0 Å². The minimum Gasteiger partial charge on any atom is -0.207 e. The molecule has 0 nitrogen and oxygen atoms in total. The van der Waals surface area contributed by atoms with E-state index in [4.69, 9.17) is 0 Å². The molecular weight excluding hydrogens is 330 g/mol. The van der Waals surface area contributed by atoms with Crippen molar-refractivity contribution < 1.29 is 8.78 Å². The third-order valence-corrected chi connectivity index (χ3v) is 4.48. The Bertz CT molecular complexity index is 353. The lowest BCUT2D eigenvalue weighted by Gasteiger charge is -2.17. The second kappa shape index (κ2) is 5.39. The van der Waals surface area contributed by atoms with Gasteiger partial charge in [0.15, 0.2) is 0 Å². The standard InChI is InChI=1S/C11H12Br2F2/c1-3-6(2)11(13)7-4-10(15)8(12)5-9(7)14/h4-6,11H,3H2,1-2H3. The van der Waals surface area contributed by atoms with Crippen LogP contribution in [0.25, 0.3) is 0 Å². The molecule has 4 heteroatoms. The van der Waals surface area contributed by atoms with Crippen molar-refractivity contribution in [3.63, 3.8) is 0 Å². The van der Waals surface area contributed by atoms with E-state index in [-0.39, 0.29) is 21.0 Å². The van der Waals surface area contributed by atoms with Crippen LogP contribution < -0.4 is 0 Å². The first-order chi connectivity index (χ1) is 6.97. The third kappa shape index (κ3) is 3.00. The second-order valence-corrected chi connectivity index (χ2v) is 5.42. The van der Waals surface area contributed by atoms with E-state index in [0.29, 0.717) is 5.56 Å². The van der Waals surface area contributed by atoms with E-state index in [1.165, 1.54) is 12.1 Å². The van der Waals surface area contributed by atoms with Gasteiger partial charge in [-0.15, -0.1) is 0 Å². The highest BCUT2D eigenvalue weighted by Crippen LogP contribution is 2.35. The maximum atomic E-state index is 13.6. The molecule has 0 aliphatic carbocycles. The summed E-state index contributed by atoms with van der Waals surface area (Å²) in [5.74, 6) is -0.551. The van der Waals surface area contributed by atoms with Crippen molar-refractivity contribution in [2.45, 2.75) is 25.1 Å². The molecule has 0 aliphatic rings. The van der Waals surface area contributed by atoms with Crippen molar-refractivity contribution >= 4 is 31.9 Å². The summed E-state index contributed by atoms with van der Waals surface area (Å²) in [5.41, 5.74) is 0.380. The summed E-state index contributed by atoms with van der Waals surface area (Å²) in [7, 11) is 0. The Morgan fingerprint density at radius 3 is 2.40 bits per heavy atom. The zero-order chi connectivity index (χ0) is 11.6. The Morgan fingerprint density at radius 2 is 1.87 bits per heavy atom. The first-order valence-electron chi connectivity index (χ1n) is 4.75. The van der Waals surface area contributed by atoms with Crippen LogP contribution in [0.1, 0.15) is 30.7 Å². The van der Waals surface area contributed by atoms with Gasteiger partial charge < -0.3 is 0 Å². The number of rotatable bonds is 3. The van der Waals surface area contributed by atoms with Crippen LogP contribution in [0.4, 0.5) is 8.78 Å². The summed E-state index contributed by atoms with van der Waals surface area (Å²) in [6, 6.07) is 2.41. The molecule has 2 atom stereocenters.